The van der Waals surface area contributed by atoms with Crippen LogP contribution in [0.15, 0.2) is 53.4 Å². The number of likely N-dealkylation sites (tertiary alicyclic amines) is 1. The van der Waals surface area contributed by atoms with Crippen LogP contribution in [0.4, 0.5) is 5.69 Å². The molecule has 0 unspecified atom stereocenters. The van der Waals surface area contributed by atoms with Gasteiger partial charge in [-0.1, -0.05) is 19.1 Å². The maximum atomic E-state index is 12.5. The summed E-state index contributed by atoms with van der Waals surface area (Å²) in [6, 6.07) is 13.1. The van der Waals surface area contributed by atoms with Crippen LogP contribution >= 0.6 is 0 Å². The van der Waals surface area contributed by atoms with Crippen LogP contribution in [0.25, 0.3) is 0 Å². The second-order valence-electron chi connectivity index (χ2n) is 6.60. The first-order valence-corrected chi connectivity index (χ1v) is 10.6. The highest BCUT2D eigenvalue weighted by Gasteiger charge is 2.20. The smallest absolute Gasteiger partial charge is 0.255 e. The fraction of sp³-hybridized carbons (Fsp3) is 0.300. The summed E-state index contributed by atoms with van der Waals surface area (Å²) in [4.78, 5) is 26.2. The van der Waals surface area contributed by atoms with Crippen molar-refractivity contribution in [1.29, 1.82) is 0 Å². The molecule has 28 heavy (non-hydrogen) atoms. The van der Waals surface area contributed by atoms with Crippen molar-refractivity contribution in [3.05, 3.63) is 59.7 Å². The number of amides is 2. The molecule has 0 aromatic heterocycles. The molecular formula is C20H23N3O4S. The SMILES string of the molecule is CCNS(=O)(=O)c1ccc(C(=O)Nc2cccc(CN3CCCC3=O)c2)cc1. The van der Waals surface area contributed by atoms with Gasteiger partial charge in [-0.3, -0.25) is 9.59 Å². The third kappa shape index (κ3) is 4.76. The highest BCUT2D eigenvalue weighted by atomic mass is 32.2. The van der Waals surface area contributed by atoms with Crippen molar-refractivity contribution in [2.75, 3.05) is 18.4 Å². The number of rotatable bonds is 7. The molecule has 2 N–H and O–H groups in total. The molecule has 0 spiro atoms. The Morgan fingerprint density at radius 3 is 2.54 bits per heavy atom. The highest BCUT2D eigenvalue weighted by molar-refractivity contribution is 7.89. The van der Waals surface area contributed by atoms with E-state index in [1.807, 2.05) is 23.1 Å². The lowest BCUT2D eigenvalue weighted by molar-refractivity contribution is -0.128. The minimum Gasteiger partial charge on any atom is -0.338 e. The van der Waals surface area contributed by atoms with E-state index < -0.39 is 10.0 Å². The second-order valence-corrected chi connectivity index (χ2v) is 8.37. The van der Waals surface area contributed by atoms with E-state index >= 15 is 0 Å². The van der Waals surface area contributed by atoms with Gasteiger partial charge in [0.15, 0.2) is 0 Å². The Balaban J connectivity index is 1.67. The number of carbonyl (C=O) groups is 2. The minimum absolute atomic E-state index is 0.114. The second kappa shape index (κ2) is 8.53. The summed E-state index contributed by atoms with van der Waals surface area (Å²) < 4.78 is 26.3. The Hall–Kier alpha value is -2.71. The number of hydrogen-bond acceptors (Lipinski definition) is 4. The van der Waals surface area contributed by atoms with Gasteiger partial charge in [0.1, 0.15) is 0 Å². The van der Waals surface area contributed by atoms with E-state index in [0.717, 1.165) is 18.5 Å². The zero-order chi connectivity index (χ0) is 20.1. The first-order chi connectivity index (χ1) is 13.4. The molecule has 1 aliphatic heterocycles. The molecule has 148 valence electrons. The van der Waals surface area contributed by atoms with Crippen molar-refractivity contribution in [3.8, 4) is 0 Å². The van der Waals surface area contributed by atoms with Crippen molar-refractivity contribution < 1.29 is 18.0 Å². The standard InChI is InChI=1S/C20H23N3O4S/c1-2-21-28(26,27)18-10-8-16(9-11-18)20(25)22-17-6-3-5-15(13-17)14-23-12-4-7-19(23)24/h3,5-6,8-11,13,21H,2,4,7,12,14H2,1H3,(H,22,25). The van der Waals surface area contributed by atoms with Crippen LogP contribution in [0.2, 0.25) is 0 Å². The van der Waals surface area contributed by atoms with Gasteiger partial charge < -0.3 is 10.2 Å². The average molecular weight is 401 g/mol. The lowest BCUT2D eigenvalue weighted by Gasteiger charge is -2.16. The van der Waals surface area contributed by atoms with Crippen LogP contribution in [0.5, 0.6) is 0 Å². The summed E-state index contributed by atoms with van der Waals surface area (Å²) in [6.07, 6.45) is 1.48. The van der Waals surface area contributed by atoms with Crippen molar-refractivity contribution in [2.24, 2.45) is 0 Å². The maximum absolute atomic E-state index is 12.5. The number of sulfonamides is 1. The van der Waals surface area contributed by atoms with Crippen LogP contribution in [-0.2, 0) is 21.4 Å². The van der Waals surface area contributed by atoms with Gasteiger partial charge in [0, 0.05) is 37.3 Å². The Labute approximate surface area is 164 Å². The van der Waals surface area contributed by atoms with Crippen molar-refractivity contribution in [3.63, 3.8) is 0 Å². The van der Waals surface area contributed by atoms with E-state index in [4.69, 9.17) is 0 Å². The Morgan fingerprint density at radius 1 is 1.14 bits per heavy atom. The number of benzene rings is 2. The molecule has 2 aromatic rings. The van der Waals surface area contributed by atoms with Gasteiger partial charge in [-0.05, 0) is 48.4 Å². The first kappa shape index (κ1) is 20.0. The lowest BCUT2D eigenvalue weighted by atomic mass is 10.1. The molecule has 1 saturated heterocycles. The molecule has 0 radical (unpaired) electrons. The monoisotopic (exact) mass is 401 g/mol. The lowest BCUT2D eigenvalue weighted by Crippen LogP contribution is -2.24. The topological polar surface area (TPSA) is 95.6 Å². The van der Waals surface area contributed by atoms with E-state index in [-0.39, 0.29) is 16.7 Å². The normalized spacial score (nSPS) is 14.3. The number of nitrogens with zero attached hydrogens (tertiary/aromatic N) is 1. The zero-order valence-electron chi connectivity index (χ0n) is 15.6. The molecule has 3 rings (SSSR count). The van der Waals surface area contributed by atoms with Crippen LogP contribution in [-0.4, -0.2) is 38.2 Å². The van der Waals surface area contributed by atoms with Crippen LogP contribution in [0.1, 0.15) is 35.7 Å². The number of nitrogens with one attached hydrogen (secondary N) is 2. The van der Waals surface area contributed by atoms with Gasteiger partial charge in [0.25, 0.3) is 5.91 Å². The maximum Gasteiger partial charge on any atom is 0.255 e. The van der Waals surface area contributed by atoms with Crippen molar-refractivity contribution >= 4 is 27.5 Å². The van der Waals surface area contributed by atoms with E-state index in [9.17, 15) is 18.0 Å². The van der Waals surface area contributed by atoms with Gasteiger partial charge in [-0.15, -0.1) is 0 Å². The van der Waals surface area contributed by atoms with Gasteiger partial charge in [0.2, 0.25) is 15.9 Å². The molecule has 2 amide bonds. The van der Waals surface area contributed by atoms with Crippen molar-refractivity contribution in [2.45, 2.75) is 31.2 Å². The molecule has 0 aliphatic carbocycles. The molecule has 7 nitrogen and oxygen atoms in total. The van der Waals surface area contributed by atoms with Crippen LogP contribution in [0.3, 0.4) is 0 Å². The quantitative estimate of drug-likeness (QED) is 0.744. The summed E-state index contributed by atoms with van der Waals surface area (Å²) in [5, 5.41) is 2.81. The van der Waals surface area contributed by atoms with Gasteiger partial charge >= 0.3 is 0 Å². The summed E-state index contributed by atoms with van der Waals surface area (Å²) in [6.45, 7) is 3.29. The zero-order valence-corrected chi connectivity index (χ0v) is 16.5. The van der Waals surface area contributed by atoms with Crippen molar-refractivity contribution in [1.82, 2.24) is 9.62 Å². The molecule has 1 heterocycles. The molecule has 0 saturated carbocycles. The summed E-state index contributed by atoms with van der Waals surface area (Å²) in [5.74, 6) is -0.177. The Bertz CT molecular complexity index is 971. The molecular weight excluding hydrogens is 378 g/mol. The summed E-state index contributed by atoms with van der Waals surface area (Å²) >= 11 is 0. The molecule has 2 aromatic carbocycles. The molecule has 1 fully saturated rings. The fourth-order valence-electron chi connectivity index (χ4n) is 3.10. The average Bonchev–Trinajstić information content (AvgIpc) is 3.07. The van der Waals surface area contributed by atoms with Gasteiger partial charge in [-0.2, -0.15) is 0 Å². The number of carbonyl (C=O) groups excluding carboxylic acids is 2. The first-order valence-electron chi connectivity index (χ1n) is 9.17. The Morgan fingerprint density at radius 2 is 1.89 bits per heavy atom. The minimum atomic E-state index is -3.55. The fourth-order valence-corrected chi connectivity index (χ4v) is 4.14. The van der Waals surface area contributed by atoms with Crippen LogP contribution in [0, 0.1) is 0 Å². The molecule has 1 aliphatic rings. The van der Waals surface area contributed by atoms with Gasteiger partial charge in [0.05, 0.1) is 4.90 Å². The van der Waals surface area contributed by atoms with Crippen LogP contribution < -0.4 is 10.0 Å². The summed E-state index contributed by atoms with van der Waals surface area (Å²) in [7, 11) is -3.55. The third-order valence-electron chi connectivity index (χ3n) is 4.49. The van der Waals surface area contributed by atoms with E-state index in [2.05, 4.69) is 10.0 Å². The van der Waals surface area contributed by atoms with Gasteiger partial charge in [-0.25, -0.2) is 13.1 Å². The summed E-state index contributed by atoms with van der Waals surface area (Å²) in [5.41, 5.74) is 1.93. The Kier molecular flexibility index (Phi) is 6.11. The molecule has 0 atom stereocenters. The van der Waals surface area contributed by atoms with E-state index in [0.29, 0.717) is 30.8 Å². The molecule has 0 bridgehead atoms. The molecule has 8 heteroatoms. The largest absolute Gasteiger partial charge is 0.338 e. The third-order valence-corrected chi connectivity index (χ3v) is 6.05. The highest BCUT2D eigenvalue weighted by Crippen LogP contribution is 2.18. The van der Waals surface area contributed by atoms with E-state index in [1.165, 1.54) is 24.3 Å². The predicted molar refractivity (Wildman–Crippen MR) is 106 cm³/mol. The number of anilines is 1. The predicted octanol–water partition coefficient (Wildman–Crippen LogP) is 2.36. The number of hydrogen-bond donors (Lipinski definition) is 2. The van der Waals surface area contributed by atoms with E-state index in [1.54, 1.807) is 13.0 Å².